The topological polar surface area (TPSA) is 61.3 Å². The highest BCUT2D eigenvalue weighted by atomic mass is 32.1. The monoisotopic (exact) mass is 274 g/mol. The normalized spacial score (nSPS) is 13.7. The molecule has 0 unspecified atom stereocenters. The lowest BCUT2D eigenvalue weighted by atomic mass is 10.1. The van der Waals surface area contributed by atoms with Crippen LogP contribution < -0.4 is 9.47 Å². The Morgan fingerprint density at radius 2 is 2.11 bits per heavy atom. The van der Waals surface area contributed by atoms with Gasteiger partial charge in [0.15, 0.2) is 17.3 Å². The number of nitrogens with zero attached hydrogens (tertiary/aromatic N) is 2. The van der Waals surface area contributed by atoms with E-state index in [4.69, 9.17) is 9.47 Å². The Labute approximate surface area is 113 Å². The van der Waals surface area contributed by atoms with E-state index in [1.165, 1.54) is 17.6 Å². The van der Waals surface area contributed by atoms with Gasteiger partial charge in [0, 0.05) is 10.9 Å². The maximum Gasteiger partial charge on any atom is 0.186 e. The Morgan fingerprint density at radius 1 is 1.26 bits per heavy atom. The van der Waals surface area contributed by atoms with Gasteiger partial charge in [-0.2, -0.15) is 0 Å². The maximum atomic E-state index is 12.0. The van der Waals surface area contributed by atoms with Gasteiger partial charge in [0.05, 0.1) is 5.69 Å². The summed E-state index contributed by atoms with van der Waals surface area (Å²) in [6, 6.07) is 5.17. The third-order valence-electron chi connectivity index (χ3n) is 2.61. The molecule has 1 aliphatic heterocycles. The zero-order chi connectivity index (χ0) is 13.1. The van der Waals surface area contributed by atoms with Crippen LogP contribution in [0.25, 0.3) is 6.08 Å². The highest BCUT2D eigenvalue weighted by molar-refractivity contribution is 7.03. The Morgan fingerprint density at radius 3 is 2.89 bits per heavy atom. The summed E-state index contributed by atoms with van der Waals surface area (Å²) in [4.78, 5) is 12.0. The van der Waals surface area contributed by atoms with Crippen LogP contribution in [0.1, 0.15) is 16.1 Å². The third kappa shape index (κ3) is 2.63. The second-order valence-electron chi connectivity index (χ2n) is 3.89. The van der Waals surface area contributed by atoms with Crippen molar-refractivity contribution in [2.24, 2.45) is 0 Å². The smallest absolute Gasteiger partial charge is 0.186 e. The van der Waals surface area contributed by atoms with E-state index in [0.29, 0.717) is 36.0 Å². The number of carbonyl (C=O) groups excluding carboxylic acids is 1. The SMILES string of the molecule is O=C(/C=C/c1csnn1)c1ccc2c(c1)OCCO2. The van der Waals surface area contributed by atoms with Gasteiger partial charge < -0.3 is 9.47 Å². The minimum absolute atomic E-state index is 0.107. The summed E-state index contributed by atoms with van der Waals surface area (Å²) < 4.78 is 14.6. The molecule has 0 aliphatic carbocycles. The van der Waals surface area contributed by atoms with Gasteiger partial charge >= 0.3 is 0 Å². The summed E-state index contributed by atoms with van der Waals surface area (Å²) in [5.41, 5.74) is 1.24. The molecule has 96 valence electrons. The molecule has 2 aromatic rings. The van der Waals surface area contributed by atoms with Crippen LogP contribution in [-0.2, 0) is 0 Å². The van der Waals surface area contributed by atoms with Gasteiger partial charge in [0.1, 0.15) is 13.2 Å². The number of benzene rings is 1. The third-order valence-corrected chi connectivity index (χ3v) is 3.13. The molecule has 2 heterocycles. The first kappa shape index (κ1) is 11.9. The van der Waals surface area contributed by atoms with E-state index in [-0.39, 0.29) is 5.78 Å². The van der Waals surface area contributed by atoms with E-state index in [9.17, 15) is 4.79 Å². The molecule has 0 amide bonds. The van der Waals surface area contributed by atoms with Gasteiger partial charge in [-0.1, -0.05) is 4.49 Å². The summed E-state index contributed by atoms with van der Waals surface area (Å²) in [6.07, 6.45) is 3.12. The zero-order valence-electron chi connectivity index (χ0n) is 9.91. The molecule has 0 atom stereocenters. The average Bonchev–Trinajstić information content (AvgIpc) is 2.97. The molecular formula is C13H10N2O3S. The molecule has 1 aliphatic rings. The number of hydrogen-bond acceptors (Lipinski definition) is 6. The van der Waals surface area contributed by atoms with Crippen molar-refractivity contribution in [1.82, 2.24) is 9.59 Å². The first-order chi connectivity index (χ1) is 9.33. The van der Waals surface area contributed by atoms with Crippen molar-refractivity contribution in [3.05, 3.63) is 40.9 Å². The van der Waals surface area contributed by atoms with Crippen LogP contribution in [0, 0.1) is 0 Å². The van der Waals surface area contributed by atoms with E-state index >= 15 is 0 Å². The molecule has 0 saturated carbocycles. The molecule has 5 nitrogen and oxygen atoms in total. The van der Waals surface area contributed by atoms with Crippen LogP contribution >= 0.6 is 11.5 Å². The van der Waals surface area contributed by atoms with Gasteiger partial charge in [-0.3, -0.25) is 4.79 Å². The summed E-state index contributed by atoms with van der Waals surface area (Å²) in [5, 5.41) is 5.61. The largest absolute Gasteiger partial charge is 0.486 e. The fourth-order valence-corrected chi connectivity index (χ4v) is 2.12. The lowest BCUT2D eigenvalue weighted by molar-refractivity contribution is 0.104. The molecule has 0 saturated heterocycles. The van der Waals surface area contributed by atoms with Gasteiger partial charge in [-0.05, 0) is 41.9 Å². The van der Waals surface area contributed by atoms with Crippen molar-refractivity contribution in [3.8, 4) is 11.5 Å². The van der Waals surface area contributed by atoms with E-state index < -0.39 is 0 Å². The number of aromatic nitrogens is 2. The van der Waals surface area contributed by atoms with Crippen LogP contribution in [0.2, 0.25) is 0 Å². The van der Waals surface area contributed by atoms with Gasteiger partial charge in [0.25, 0.3) is 0 Å². The predicted molar refractivity (Wildman–Crippen MR) is 70.7 cm³/mol. The van der Waals surface area contributed by atoms with Crippen molar-refractivity contribution in [3.63, 3.8) is 0 Å². The number of ketones is 1. The van der Waals surface area contributed by atoms with Gasteiger partial charge in [0.2, 0.25) is 0 Å². The van der Waals surface area contributed by atoms with Gasteiger partial charge in [-0.15, -0.1) is 5.10 Å². The number of ether oxygens (including phenoxy) is 2. The molecule has 19 heavy (non-hydrogen) atoms. The Kier molecular flexibility index (Phi) is 3.24. The van der Waals surface area contributed by atoms with Crippen LogP contribution in [-0.4, -0.2) is 28.6 Å². The lowest BCUT2D eigenvalue weighted by Gasteiger charge is -2.18. The minimum atomic E-state index is -0.107. The molecular weight excluding hydrogens is 264 g/mol. The molecule has 3 rings (SSSR count). The number of rotatable bonds is 3. The van der Waals surface area contributed by atoms with E-state index in [1.54, 1.807) is 29.7 Å². The maximum absolute atomic E-state index is 12.0. The molecule has 0 radical (unpaired) electrons. The molecule has 0 bridgehead atoms. The van der Waals surface area contributed by atoms with Crippen molar-refractivity contribution in [2.75, 3.05) is 13.2 Å². The second kappa shape index (κ2) is 5.19. The van der Waals surface area contributed by atoms with Crippen LogP contribution in [0.3, 0.4) is 0 Å². The number of carbonyl (C=O) groups is 1. The fourth-order valence-electron chi connectivity index (χ4n) is 1.70. The first-order valence-corrected chi connectivity index (χ1v) is 6.56. The molecule has 0 spiro atoms. The van der Waals surface area contributed by atoms with E-state index in [1.807, 2.05) is 0 Å². The number of allylic oxidation sites excluding steroid dienone is 1. The Hall–Kier alpha value is -2.21. The molecule has 6 heteroatoms. The van der Waals surface area contributed by atoms with Crippen LogP contribution in [0.15, 0.2) is 29.7 Å². The average molecular weight is 274 g/mol. The summed E-state index contributed by atoms with van der Waals surface area (Å²) in [5.74, 6) is 1.18. The van der Waals surface area contributed by atoms with Crippen molar-refractivity contribution < 1.29 is 14.3 Å². The summed E-state index contributed by atoms with van der Waals surface area (Å²) in [7, 11) is 0. The van der Waals surface area contributed by atoms with Crippen molar-refractivity contribution in [1.29, 1.82) is 0 Å². The van der Waals surface area contributed by atoms with Crippen molar-refractivity contribution in [2.45, 2.75) is 0 Å². The predicted octanol–water partition coefficient (Wildman–Crippen LogP) is 2.21. The fraction of sp³-hybridized carbons (Fsp3) is 0.154. The van der Waals surface area contributed by atoms with E-state index in [0.717, 1.165) is 0 Å². The van der Waals surface area contributed by atoms with E-state index in [2.05, 4.69) is 9.59 Å². The summed E-state index contributed by atoms with van der Waals surface area (Å²) >= 11 is 1.25. The van der Waals surface area contributed by atoms with Crippen LogP contribution in [0.5, 0.6) is 11.5 Å². The Balaban J connectivity index is 1.80. The van der Waals surface area contributed by atoms with Gasteiger partial charge in [-0.25, -0.2) is 0 Å². The number of hydrogen-bond donors (Lipinski definition) is 0. The molecule has 1 aromatic carbocycles. The van der Waals surface area contributed by atoms with Crippen LogP contribution in [0.4, 0.5) is 0 Å². The molecule has 0 N–H and O–H groups in total. The lowest BCUT2D eigenvalue weighted by Crippen LogP contribution is -2.15. The number of fused-ring (bicyclic) bond motifs is 1. The molecule has 1 aromatic heterocycles. The highest BCUT2D eigenvalue weighted by Gasteiger charge is 2.13. The zero-order valence-corrected chi connectivity index (χ0v) is 10.7. The first-order valence-electron chi connectivity index (χ1n) is 5.72. The Bertz CT molecular complexity index is 623. The standard InChI is InChI=1S/C13H10N2O3S/c16-11(3-2-10-8-19-15-14-10)9-1-4-12-13(7-9)18-6-5-17-12/h1-4,7-8H,5-6H2/b3-2+. The highest BCUT2D eigenvalue weighted by Crippen LogP contribution is 2.30. The minimum Gasteiger partial charge on any atom is -0.486 e. The molecule has 0 fully saturated rings. The summed E-state index contributed by atoms with van der Waals surface area (Å²) in [6.45, 7) is 1.04. The van der Waals surface area contributed by atoms with Crippen molar-refractivity contribution >= 4 is 23.4 Å². The quantitative estimate of drug-likeness (QED) is 0.634. The second-order valence-corrected chi connectivity index (χ2v) is 4.50.